The van der Waals surface area contributed by atoms with Crippen molar-refractivity contribution in [1.29, 1.82) is 0 Å². The van der Waals surface area contributed by atoms with Crippen LogP contribution in [0.1, 0.15) is 40.0 Å². The van der Waals surface area contributed by atoms with Crippen molar-refractivity contribution in [2.45, 2.75) is 63.9 Å². The molecule has 0 aliphatic carbocycles. The highest BCUT2D eigenvalue weighted by molar-refractivity contribution is 4.76. The second-order valence-corrected chi connectivity index (χ2v) is 5.17. The fourth-order valence-corrected chi connectivity index (χ4v) is 2.03. The number of nitrogens with two attached hydrogens (primary N) is 1. The third-order valence-electron chi connectivity index (χ3n) is 3.09. The quantitative estimate of drug-likeness (QED) is 0.742. The normalized spacial score (nSPS) is 34.7. The van der Waals surface area contributed by atoms with Gasteiger partial charge in [-0.3, -0.25) is 0 Å². The van der Waals surface area contributed by atoms with Crippen molar-refractivity contribution in [3.05, 3.63) is 0 Å². The van der Waals surface area contributed by atoms with E-state index < -0.39 is 5.60 Å². The maximum Gasteiger partial charge on any atom is 0.0763 e. The van der Waals surface area contributed by atoms with Crippen molar-refractivity contribution < 1.29 is 14.6 Å². The van der Waals surface area contributed by atoms with Gasteiger partial charge < -0.3 is 20.3 Å². The minimum atomic E-state index is -0.803. The van der Waals surface area contributed by atoms with Gasteiger partial charge in [0.25, 0.3) is 0 Å². The molecular weight excluding hydrogens is 206 g/mol. The Balaban J connectivity index is 2.22. The first-order valence-corrected chi connectivity index (χ1v) is 6.12. The van der Waals surface area contributed by atoms with Crippen LogP contribution in [0.3, 0.4) is 0 Å². The number of rotatable bonds is 5. The van der Waals surface area contributed by atoms with Gasteiger partial charge in [-0.1, -0.05) is 0 Å². The highest BCUT2D eigenvalue weighted by Crippen LogP contribution is 2.22. The first kappa shape index (κ1) is 13.9. The Hall–Kier alpha value is -0.160. The molecule has 0 bridgehead atoms. The molecule has 0 aromatic heterocycles. The van der Waals surface area contributed by atoms with E-state index in [1.807, 2.05) is 0 Å². The van der Waals surface area contributed by atoms with Crippen molar-refractivity contribution in [2.24, 2.45) is 5.73 Å². The standard InChI is InChI=1S/C12H25NO3/c1-9-6-11(7-10(2)16-9)15-5-4-12(3,14)8-13/h9-11,14H,4-8,13H2,1-3H3. The number of hydrogen-bond acceptors (Lipinski definition) is 4. The van der Waals surface area contributed by atoms with E-state index in [0.29, 0.717) is 13.0 Å². The highest BCUT2D eigenvalue weighted by atomic mass is 16.5. The molecule has 3 unspecified atom stereocenters. The lowest BCUT2D eigenvalue weighted by Gasteiger charge is -2.32. The Morgan fingerprint density at radius 1 is 1.38 bits per heavy atom. The molecule has 1 heterocycles. The van der Waals surface area contributed by atoms with Gasteiger partial charge in [-0.2, -0.15) is 0 Å². The monoisotopic (exact) mass is 231 g/mol. The van der Waals surface area contributed by atoms with E-state index >= 15 is 0 Å². The van der Waals surface area contributed by atoms with Gasteiger partial charge in [0.05, 0.1) is 23.9 Å². The fourth-order valence-electron chi connectivity index (χ4n) is 2.03. The first-order valence-electron chi connectivity index (χ1n) is 6.12. The molecule has 0 saturated carbocycles. The van der Waals surface area contributed by atoms with Gasteiger partial charge in [-0.05, 0) is 33.6 Å². The number of ether oxygens (including phenoxy) is 2. The fraction of sp³-hybridized carbons (Fsp3) is 1.00. The Kier molecular flexibility index (Phi) is 5.18. The summed E-state index contributed by atoms with van der Waals surface area (Å²) < 4.78 is 11.4. The second kappa shape index (κ2) is 5.96. The summed E-state index contributed by atoms with van der Waals surface area (Å²) in [5.41, 5.74) is 4.64. The van der Waals surface area contributed by atoms with E-state index in [4.69, 9.17) is 15.2 Å². The van der Waals surface area contributed by atoms with Crippen LogP contribution in [0.2, 0.25) is 0 Å². The van der Waals surface area contributed by atoms with Gasteiger partial charge in [0.15, 0.2) is 0 Å². The molecule has 0 aromatic rings. The van der Waals surface area contributed by atoms with Crippen LogP contribution >= 0.6 is 0 Å². The summed E-state index contributed by atoms with van der Waals surface area (Å²) in [6.45, 7) is 6.72. The molecule has 1 aliphatic heterocycles. The molecule has 1 aliphatic rings. The first-order chi connectivity index (χ1) is 7.43. The van der Waals surface area contributed by atoms with Crippen LogP contribution in [0.4, 0.5) is 0 Å². The SMILES string of the molecule is CC1CC(OCCC(C)(O)CN)CC(C)O1. The van der Waals surface area contributed by atoms with Crippen LogP contribution in [0.5, 0.6) is 0 Å². The van der Waals surface area contributed by atoms with Crippen LogP contribution < -0.4 is 5.73 Å². The molecule has 96 valence electrons. The van der Waals surface area contributed by atoms with Crippen molar-refractivity contribution in [1.82, 2.24) is 0 Å². The molecule has 1 rings (SSSR count). The third kappa shape index (κ3) is 4.78. The minimum absolute atomic E-state index is 0.257. The molecule has 0 radical (unpaired) electrons. The summed E-state index contributed by atoms with van der Waals surface area (Å²) in [6.07, 6.45) is 3.26. The van der Waals surface area contributed by atoms with Gasteiger partial charge in [-0.25, -0.2) is 0 Å². The molecule has 4 heteroatoms. The summed E-state index contributed by atoms with van der Waals surface area (Å²) >= 11 is 0. The molecule has 0 aromatic carbocycles. The zero-order valence-electron chi connectivity index (χ0n) is 10.6. The van der Waals surface area contributed by atoms with Gasteiger partial charge in [0.2, 0.25) is 0 Å². The predicted molar refractivity (Wildman–Crippen MR) is 63.3 cm³/mol. The smallest absolute Gasteiger partial charge is 0.0763 e. The summed E-state index contributed by atoms with van der Waals surface area (Å²) in [7, 11) is 0. The summed E-state index contributed by atoms with van der Waals surface area (Å²) in [4.78, 5) is 0. The van der Waals surface area contributed by atoms with E-state index in [2.05, 4.69) is 13.8 Å². The zero-order chi connectivity index (χ0) is 12.2. The van der Waals surface area contributed by atoms with Crippen molar-refractivity contribution in [3.8, 4) is 0 Å². The lowest BCUT2D eigenvalue weighted by atomic mass is 10.0. The minimum Gasteiger partial charge on any atom is -0.389 e. The largest absolute Gasteiger partial charge is 0.389 e. The molecule has 0 spiro atoms. The molecule has 0 amide bonds. The van der Waals surface area contributed by atoms with Crippen molar-refractivity contribution in [3.63, 3.8) is 0 Å². The van der Waals surface area contributed by atoms with E-state index in [1.165, 1.54) is 0 Å². The van der Waals surface area contributed by atoms with Crippen molar-refractivity contribution in [2.75, 3.05) is 13.2 Å². The molecular formula is C12H25NO3. The molecule has 3 atom stereocenters. The average molecular weight is 231 g/mol. The van der Waals surface area contributed by atoms with E-state index in [-0.39, 0.29) is 24.9 Å². The maximum atomic E-state index is 9.73. The molecule has 16 heavy (non-hydrogen) atoms. The van der Waals surface area contributed by atoms with E-state index in [0.717, 1.165) is 12.8 Å². The van der Waals surface area contributed by atoms with Gasteiger partial charge in [0.1, 0.15) is 0 Å². The zero-order valence-corrected chi connectivity index (χ0v) is 10.6. The van der Waals surface area contributed by atoms with Gasteiger partial charge in [-0.15, -0.1) is 0 Å². The Morgan fingerprint density at radius 2 is 1.94 bits per heavy atom. The van der Waals surface area contributed by atoms with Crippen molar-refractivity contribution >= 4 is 0 Å². The Labute approximate surface area is 98.1 Å². The number of hydrogen-bond donors (Lipinski definition) is 2. The second-order valence-electron chi connectivity index (χ2n) is 5.17. The summed E-state index contributed by atoms with van der Waals surface area (Å²) in [6, 6.07) is 0. The van der Waals surface area contributed by atoms with Crippen LogP contribution in [-0.2, 0) is 9.47 Å². The van der Waals surface area contributed by atoms with Crippen LogP contribution in [-0.4, -0.2) is 42.2 Å². The number of aliphatic hydroxyl groups is 1. The predicted octanol–water partition coefficient (Wildman–Crippen LogP) is 1.06. The van der Waals surface area contributed by atoms with Gasteiger partial charge in [0, 0.05) is 19.6 Å². The third-order valence-corrected chi connectivity index (χ3v) is 3.09. The van der Waals surface area contributed by atoms with Gasteiger partial charge >= 0.3 is 0 Å². The average Bonchev–Trinajstić information content (AvgIpc) is 2.16. The van der Waals surface area contributed by atoms with E-state index in [1.54, 1.807) is 6.92 Å². The lowest BCUT2D eigenvalue weighted by Crippen LogP contribution is -2.38. The molecule has 1 saturated heterocycles. The Morgan fingerprint density at radius 3 is 2.44 bits per heavy atom. The highest BCUT2D eigenvalue weighted by Gasteiger charge is 2.26. The summed E-state index contributed by atoms with van der Waals surface area (Å²) in [5, 5.41) is 9.73. The lowest BCUT2D eigenvalue weighted by molar-refractivity contribution is -0.107. The molecule has 4 nitrogen and oxygen atoms in total. The van der Waals surface area contributed by atoms with Crippen LogP contribution in [0.15, 0.2) is 0 Å². The molecule has 3 N–H and O–H groups in total. The van der Waals surface area contributed by atoms with E-state index in [9.17, 15) is 5.11 Å². The topological polar surface area (TPSA) is 64.7 Å². The Bertz CT molecular complexity index is 198. The summed E-state index contributed by atoms with van der Waals surface area (Å²) in [5.74, 6) is 0. The van der Waals surface area contributed by atoms with Crippen LogP contribution in [0, 0.1) is 0 Å². The van der Waals surface area contributed by atoms with Crippen LogP contribution in [0.25, 0.3) is 0 Å². The maximum absolute atomic E-state index is 9.73. The molecule has 1 fully saturated rings.